The Kier molecular flexibility index (Phi) is 6.84. The second-order valence-electron chi connectivity index (χ2n) is 6.60. The van der Waals surface area contributed by atoms with Crippen LogP contribution < -0.4 is 15.1 Å². The van der Waals surface area contributed by atoms with E-state index in [1.165, 1.54) is 25.3 Å². The van der Waals surface area contributed by atoms with Gasteiger partial charge in [0.25, 0.3) is 0 Å². The van der Waals surface area contributed by atoms with Gasteiger partial charge in [-0.15, -0.1) is 0 Å². The van der Waals surface area contributed by atoms with E-state index < -0.39 is 11.6 Å². The number of fused-ring (bicyclic) bond motifs is 1. The Morgan fingerprint density at radius 2 is 1.71 bits per heavy atom. The molecular formula is C23H24O5. The maximum atomic E-state index is 12.4. The molecule has 0 saturated heterocycles. The van der Waals surface area contributed by atoms with Gasteiger partial charge in [0.1, 0.15) is 17.1 Å². The van der Waals surface area contributed by atoms with Crippen LogP contribution in [-0.4, -0.2) is 12.6 Å². The van der Waals surface area contributed by atoms with Gasteiger partial charge in [-0.3, -0.25) is 0 Å². The van der Waals surface area contributed by atoms with Gasteiger partial charge in [-0.25, -0.2) is 9.59 Å². The molecule has 0 radical (unpaired) electrons. The monoisotopic (exact) mass is 380 g/mol. The van der Waals surface area contributed by atoms with Gasteiger partial charge >= 0.3 is 11.6 Å². The summed E-state index contributed by atoms with van der Waals surface area (Å²) in [6, 6.07) is 14.9. The second-order valence-corrected chi connectivity index (χ2v) is 6.60. The molecule has 146 valence electrons. The first-order valence-electron chi connectivity index (χ1n) is 9.65. The zero-order valence-corrected chi connectivity index (χ0v) is 16.0. The topological polar surface area (TPSA) is 65.7 Å². The van der Waals surface area contributed by atoms with Crippen molar-refractivity contribution < 1.29 is 18.7 Å². The van der Waals surface area contributed by atoms with Crippen molar-refractivity contribution in [1.82, 2.24) is 0 Å². The van der Waals surface area contributed by atoms with Crippen molar-refractivity contribution in [3.63, 3.8) is 0 Å². The van der Waals surface area contributed by atoms with Crippen LogP contribution in [0.1, 0.15) is 49.4 Å². The molecule has 0 aliphatic carbocycles. The molecule has 0 atom stereocenters. The Bertz CT molecular complexity index is 972. The third kappa shape index (κ3) is 5.22. The van der Waals surface area contributed by atoms with E-state index in [4.69, 9.17) is 13.9 Å². The number of hydrogen-bond acceptors (Lipinski definition) is 5. The molecule has 2 aromatic carbocycles. The summed E-state index contributed by atoms with van der Waals surface area (Å²) in [4.78, 5) is 24.1. The highest BCUT2D eigenvalue weighted by molar-refractivity contribution is 5.94. The third-order valence-corrected chi connectivity index (χ3v) is 4.42. The maximum Gasteiger partial charge on any atom is 0.343 e. The minimum Gasteiger partial charge on any atom is -0.494 e. The van der Waals surface area contributed by atoms with Crippen LogP contribution in [0.3, 0.4) is 0 Å². The molecule has 0 amide bonds. The third-order valence-electron chi connectivity index (χ3n) is 4.42. The van der Waals surface area contributed by atoms with Crippen LogP contribution in [0.15, 0.2) is 63.8 Å². The molecule has 0 aliphatic heterocycles. The van der Waals surface area contributed by atoms with E-state index in [1.807, 2.05) is 0 Å². The number of unbranched alkanes of at least 4 members (excludes halogenated alkanes) is 4. The van der Waals surface area contributed by atoms with Gasteiger partial charge in [0.05, 0.1) is 23.6 Å². The van der Waals surface area contributed by atoms with E-state index in [0.717, 1.165) is 18.6 Å². The molecule has 5 nitrogen and oxygen atoms in total. The summed E-state index contributed by atoms with van der Waals surface area (Å²) < 4.78 is 16.2. The number of carbonyl (C=O) groups excluding carboxylic acids is 1. The zero-order chi connectivity index (χ0) is 19.8. The van der Waals surface area contributed by atoms with E-state index >= 15 is 0 Å². The van der Waals surface area contributed by atoms with Gasteiger partial charge in [-0.05, 0) is 42.8 Å². The standard InChI is InChI=1S/C23H24O5/c1-2-3-4-5-8-15-26-18-13-11-17(12-14-18)23(25)28-21-16-22(24)27-20-10-7-6-9-19(20)21/h6-7,9-14,16H,2-5,8,15H2,1H3. The highest BCUT2D eigenvalue weighted by Gasteiger charge is 2.13. The molecule has 3 aromatic rings. The smallest absolute Gasteiger partial charge is 0.343 e. The van der Waals surface area contributed by atoms with Gasteiger partial charge in [-0.2, -0.15) is 0 Å². The molecule has 5 heteroatoms. The number of rotatable bonds is 9. The molecular weight excluding hydrogens is 356 g/mol. The van der Waals surface area contributed by atoms with E-state index in [2.05, 4.69) is 6.92 Å². The summed E-state index contributed by atoms with van der Waals surface area (Å²) in [6.45, 7) is 2.86. The van der Waals surface area contributed by atoms with Crippen LogP contribution in [0.2, 0.25) is 0 Å². The van der Waals surface area contributed by atoms with Crippen LogP contribution >= 0.6 is 0 Å². The van der Waals surface area contributed by atoms with Crippen molar-refractivity contribution in [3.8, 4) is 11.5 Å². The predicted octanol–water partition coefficient (Wildman–Crippen LogP) is 5.36. The normalized spacial score (nSPS) is 10.8. The molecule has 0 unspecified atom stereocenters. The van der Waals surface area contributed by atoms with Crippen molar-refractivity contribution in [3.05, 3.63) is 70.6 Å². The van der Waals surface area contributed by atoms with Gasteiger partial charge < -0.3 is 13.9 Å². The average molecular weight is 380 g/mol. The van der Waals surface area contributed by atoms with E-state index in [-0.39, 0.29) is 5.75 Å². The highest BCUT2D eigenvalue weighted by atomic mass is 16.5. The number of esters is 1. The van der Waals surface area contributed by atoms with Crippen molar-refractivity contribution in [2.24, 2.45) is 0 Å². The summed E-state index contributed by atoms with van der Waals surface area (Å²) in [5, 5.41) is 0.568. The van der Waals surface area contributed by atoms with Crippen LogP contribution in [0.4, 0.5) is 0 Å². The summed E-state index contributed by atoms with van der Waals surface area (Å²) in [7, 11) is 0. The Hall–Kier alpha value is -3.08. The molecule has 28 heavy (non-hydrogen) atoms. The lowest BCUT2D eigenvalue weighted by Crippen LogP contribution is -2.10. The average Bonchev–Trinajstić information content (AvgIpc) is 2.71. The molecule has 0 fully saturated rings. The Morgan fingerprint density at radius 1 is 0.964 bits per heavy atom. The SMILES string of the molecule is CCCCCCCOc1ccc(C(=O)Oc2cc(=O)oc3ccccc23)cc1. The molecule has 0 aliphatic rings. The fraction of sp³-hybridized carbons (Fsp3) is 0.304. The van der Waals surface area contributed by atoms with Gasteiger partial charge in [0.15, 0.2) is 0 Å². The van der Waals surface area contributed by atoms with Crippen molar-refractivity contribution in [1.29, 1.82) is 0 Å². The lowest BCUT2D eigenvalue weighted by Gasteiger charge is -2.08. The maximum absolute atomic E-state index is 12.4. The minimum atomic E-state index is -0.566. The first-order valence-corrected chi connectivity index (χ1v) is 9.65. The van der Waals surface area contributed by atoms with Gasteiger partial charge in [0, 0.05) is 0 Å². The first-order chi connectivity index (χ1) is 13.7. The van der Waals surface area contributed by atoms with Crippen LogP contribution in [0, 0.1) is 0 Å². The van der Waals surface area contributed by atoms with Gasteiger partial charge in [0.2, 0.25) is 0 Å². The Morgan fingerprint density at radius 3 is 2.50 bits per heavy atom. The molecule has 3 rings (SSSR count). The molecule has 0 spiro atoms. The van der Waals surface area contributed by atoms with Crippen molar-refractivity contribution in [2.45, 2.75) is 39.0 Å². The fourth-order valence-electron chi connectivity index (χ4n) is 2.91. The predicted molar refractivity (Wildman–Crippen MR) is 108 cm³/mol. The highest BCUT2D eigenvalue weighted by Crippen LogP contribution is 2.24. The number of carbonyl (C=O) groups is 1. The van der Waals surface area contributed by atoms with E-state index in [0.29, 0.717) is 23.1 Å². The first kappa shape index (κ1) is 19.7. The summed E-state index contributed by atoms with van der Waals surface area (Å²) in [6.07, 6.45) is 5.90. The Labute approximate surface area is 163 Å². The Balaban J connectivity index is 1.60. The summed E-state index contributed by atoms with van der Waals surface area (Å²) in [5.41, 5.74) is 0.192. The number of benzene rings is 2. The minimum absolute atomic E-state index is 0.184. The molecule has 1 heterocycles. The van der Waals surface area contributed by atoms with E-state index in [1.54, 1.807) is 48.5 Å². The summed E-state index contributed by atoms with van der Waals surface area (Å²) in [5.74, 6) is 0.365. The largest absolute Gasteiger partial charge is 0.494 e. The van der Waals surface area contributed by atoms with Crippen molar-refractivity contribution in [2.75, 3.05) is 6.61 Å². The lowest BCUT2D eigenvalue weighted by molar-refractivity contribution is 0.0736. The van der Waals surface area contributed by atoms with Gasteiger partial charge in [-0.1, -0.05) is 44.7 Å². The van der Waals surface area contributed by atoms with Crippen molar-refractivity contribution >= 4 is 16.9 Å². The summed E-state index contributed by atoms with van der Waals surface area (Å²) >= 11 is 0. The quantitative estimate of drug-likeness (QED) is 0.284. The second kappa shape index (κ2) is 9.74. The van der Waals surface area contributed by atoms with Crippen LogP contribution in [0.5, 0.6) is 11.5 Å². The molecule has 0 N–H and O–H groups in total. The molecule has 0 bridgehead atoms. The number of hydrogen-bond donors (Lipinski definition) is 0. The van der Waals surface area contributed by atoms with E-state index in [9.17, 15) is 9.59 Å². The number of para-hydroxylation sites is 1. The molecule has 1 aromatic heterocycles. The fourth-order valence-corrected chi connectivity index (χ4v) is 2.91. The number of ether oxygens (including phenoxy) is 2. The van der Waals surface area contributed by atoms with Crippen LogP contribution in [0.25, 0.3) is 11.0 Å². The lowest BCUT2D eigenvalue weighted by atomic mass is 10.2. The van der Waals surface area contributed by atoms with Crippen LogP contribution in [-0.2, 0) is 0 Å². The zero-order valence-electron chi connectivity index (χ0n) is 16.0. The molecule has 0 saturated carbocycles.